The minimum absolute atomic E-state index is 0.0687. The lowest BCUT2D eigenvalue weighted by Gasteiger charge is -2.07. The van der Waals surface area contributed by atoms with Crippen molar-refractivity contribution < 1.29 is 14.1 Å². The van der Waals surface area contributed by atoms with Crippen molar-refractivity contribution in [3.8, 4) is 0 Å². The van der Waals surface area contributed by atoms with Crippen LogP contribution in [0.3, 0.4) is 0 Å². The molecule has 0 bridgehead atoms. The highest BCUT2D eigenvalue weighted by Crippen LogP contribution is 2.15. The predicted octanol–water partition coefficient (Wildman–Crippen LogP) is 0.533. The van der Waals surface area contributed by atoms with Crippen molar-refractivity contribution in [1.29, 1.82) is 0 Å². The second-order valence-corrected chi connectivity index (χ2v) is 5.21. The standard InChI is InChI=1S/C15H16N6O3/c1-9-18-10-4-2-3-5-11(10)21(9)7-6-13(22)17-8-12-19-15(14(16)23)24-20-12/h2-5H,6-8H2,1H3,(H2,16,23)(H,17,22). The van der Waals surface area contributed by atoms with E-state index in [1.165, 1.54) is 0 Å². The SMILES string of the molecule is Cc1nc2ccccc2n1CCC(=O)NCc1noc(C(N)=O)n1. The van der Waals surface area contributed by atoms with Gasteiger partial charge >= 0.3 is 11.8 Å². The summed E-state index contributed by atoms with van der Waals surface area (Å²) in [5.74, 6) is -0.199. The molecule has 0 saturated heterocycles. The number of nitrogens with one attached hydrogen (secondary N) is 1. The Bertz CT molecular complexity index is 898. The zero-order valence-electron chi connectivity index (χ0n) is 13.0. The summed E-state index contributed by atoms with van der Waals surface area (Å²) < 4.78 is 6.64. The number of para-hydroxylation sites is 2. The lowest BCUT2D eigenvalue weighted by molar-refractivity contribution is -0.121. The molecule has 2 amide bonds. The van der Waals surface area contributed by atoms with Crippen molar-refractivity contribution >= 4 is 22.8 Å². The first-order valence-electron chi connectivity index (χ1n) is 7.35. The Morgan fingerprint density at radius 2 is 2.08 bits per heavy atom. The van der Waals surface area contributed by atoms with Crippen molar-refractivity contribution in [3.05, 3.63) is 41.8 Å². The van der Waals surface area contributed by atoms with Gasteiger partial charge in [0.05, 0.1) is 17.6 Å². The van der Waals surface area contributed by atoms with Crippen LogP contribution in [0.25, 0.3) is 11.0 Å². The molecule has 3 rings (SSSR count). The monoisotopic (exact) mass is 328 g/mol. The number of nitrogens with zero attached hydrogens (tertiary/aromatic N) is 4. The third-order valence-corrected chi connectivity index (χ3v) is 3.53. The van der Waals surface area contributed by atoms with Gasteiger partial charge in [0.2, 0.25) is 5.91 Å². The van der Waals surface area contributed by atoms with E-state index >= 15 is 0 Å². The maximum Gasteiger partial charge on any atom is 0.315 e. The fourth-order valence-corrected chi connectivity index (χ4v) is 2.38. The number of hydrogen-bond acceptors (Lipinski definition) is 6. The third-order valence-electron chi connectivity index (χ3n) is 3.53. The minimum atomic E-state index is -0.803. The summed E-state index contributed by atoms with van der Waals surface area (Å²) in [4.78, 5) is 31.1. The molecule has 0 aliphatic carbocycles. The molecule has 0 aliphatic heterocycles. The van der Waals surface area contributed by atoms with E-state index in [0.29, 0.717) is 6.54 Å². The van der Waals surface area contributed by atoms with Crippen molar-refractivity contribution in [2.45, 2.75) is 26.4 Å². The van der Waals surface area contributed by atoms with E-state index in [1.54, 1.807) is 0 Å². The number of nitrogens with two attached hydrogens (primary N) is 1. The van der Waals surface area contributed by atoms with Crippen LogP contribution >= 0.6 is 0 Å². The Morgan fingerprint density at radius 1 is 1.29 bits per heavy atom. The van der Waals surface area contributed by atoms with Crippen molar-refractivity contribution in [2.24, 2.45) is 5.73 Å². The smallest absolute Gasteiger partial charge is 0.315 e. The van der Waals surface area contributed by atoms with E-state index in [-0.39, 0.29) is 30.6 Å². The van der Waals surface area contributed by atoms with Crippen molar-refractivity contribution in [2.75, 3.05) is 0 Å². The molecule has 0 fully saturated rings. The van der Waals surface area contributed by atoms with E-state index in [4.69, 9.17) is 5.73 Å². The molecule has 124 valence electrons. The number of aryl methyl sites for hydroxylation is 2. The molecule has 1 aromatic carbocycles. The van der Waals surface area contributed by atoms with Crippen molar-refractivity contribution in [1.82, 2.24) is 25.0 Å². The average Bonchev–Trinajstić information content (AvgIpc) is 3.15. The van der Waals surface area contributed by atoms with Crippen LogP contribution in [0.1, 0.15) is 28.8 Å². The molecular weight excluding hydrogens is 312 g/mol. The summed E-state index contributed by atoms with van der Waals surface area (Å²) >= 11 is 0. The van der Waals surface area contributed by atoms with Crippen LogP contribution in [0.5, 0.6) is 0 Å². The summed E-state index contributed by atoms with van der Waals surface area (Å²) in [6.45, 7) is 2.48. The number of aromatic nitrogens is 4. The number of imidazole rings is 1. The average molecular weight is 328 g/mol. The number of hydrogen-bond donors (Lipinski definition) is 2. The molecule has 3 N–H and O–H groups in total. The first-order valence-corrected chi connectivity index (χ1v) is 7.35. The van der Waals surface area contributed by atoms with Crippen LogP contribution in [-0.2, 0) is 17.9 Å². The molecule has 0 saturated carbocycles. The van der Waals surface area contributed by atoms with E-state index < -0.39 is 5.91 Å². The Labute approximate surface area is 136 Å². The normalized spacial score (nSPS) is 10.9. The number of fused-ring (bicyclic) bond motifs is 1. The maximum absolute atomic E-state index is 12.0. The summed E-state index contributed by atoms with van der Waals surface area (Å²) in [7, 11) is 0. The van der Waals surface area contributed by atoms with Gasteiger partial charge in [0.15, 0.2) is 5.82 Å². The molecule has 0 unspecified atom stereocenters. The van der Waals surface area contributed by atoms with Gasteiger partial charge in [0, 0.05) is 13.0 Å². The van der Waals surface area contributed by atoms with Gasteiger partial charge in [-0.2, -0.15) is 4.98 Å². The van der Waals surface area contributed by atoms with Gasteiger partial charge in [0.25, 0.3) is 0 Å². The summed E-state index contributed by atoms with van der Waals surface area (Å²) in [6.07, 6.45) is 0.279. The van der Waals surface area contributed by atoms with Crippen LogP contribution in [0.4, 0.5) is 0 Å². The fraction of sp³-hybridized carbons (Fsp3) is 0.267. The van der Waals surface area contributed by atoms with E-state index in [9.17, 15) is 9.59 Å². The van der Waals surface area contributed by atoms with Crippen LogP contribution in [-0.4, -0.2) is 31.5 Å². The van der Waals surface area contributed by atoms with Gasteiger partial charge in [-0.05, 0) is 19.1 Å². The molecule has 24 heavy (non-hydrogen) atoms. The first kappa shape index (κ1) is 15.7. The van der Waals surface area contributed by atoms with Gasteiger partial charge in [-0.3, -0.25) is 9.59 Å². The van der Waals surface area contributed by atoms with Gasteiger partial charge in [-0.15, -0.1) is 0 Å². The van der Waals surface area contributed by atoms with Gasteiger partial charge in [-0.25, -0.2) is 4.98 Å². The molecule has 3 aromatic rings. The topological polar surface area (TPSA) is 129 Å². The number of benzene rings is 1. The Kier molecular flexibility index (Phi) is 4.23. The number of rotatable bonds is 6. The van der Waals surface area contributed by atoms with Crippen LogP contribution in [0.2, 0.25) is 0 Å². The molecule has 0 atom stereocenters. The van der Waals surface area contributed by atoms with E-state index in [0.717, 1.165) is 16.9 Å². The van der Waals surface area contributed by atoms with Crippen LogP contribution < -0.4 is 11.1 Å². The number of carbonyl (C=O) groups excluding carboxylic acids is 2. The number of amides is 2. The molecule has 0 aliphatic rings. The van der Waals surface area contributed by atoms with Gasteiger partial charge < -0.3 is 20.1 Å². The van der Waals surface area contributed by atoms with Crippen LogP contribution in [0, 0.1) is 6.92 Å². The van der Waals surface area contributed by atoms with E-state index in [2.05, 4.69) is 25.0 Å². The predicted molar refractivity (Wildman–Crippen MR) is 83.7 cm³/mol. The Balaban J connectivity index is 1.57. The van der Waals surface area contributed by atoms with Crippen LogP contribution in [0.15, 0.2) is 28.8 Å². The van der Waals surface area contributed by atoms with Gasteiger partial charge in [-0.1, -0.05) is 17.3 Å². The fourth-order valence-electron chi connectivity index (χ4n) is 2.38. The lowest BCUT2D eigenvalue weighted by Crippen LogP contribution is -2.24. The zero-order chi connectivity index (χ0) is 17.1. The molecule has 9 nitrogen and oxygen atoms in total. The lowest BCUT2D eigenvalue weighted by atomic mass is 10.3. The second kappa shape index (κ2) is 6.49. The highest BCUT2D eigenvalue weighted by atomic mass is 16.5. The third kappa shape index (κ3) is 3.24. The number of carbonyl (C=O) groups is 2. The number of primary amides is 1. The molecule has 0 spiro atoms. The quantitative estimate of drug-likeness (QED) is 0.679. The van der Waals surface area contributed by atoms with Gasteiger partial charge in [0.1, 0.15) is 5.82 Å². The highest BCUT2D eigenvalue weighted by Gasteiger charge is 2.13. The largest absolute Gasteiger partial charge is 0.361 e. The first-order chi connectivity index (χ1) is 11.5. The Morgan fingerprint density at radius 3 is 2.83 bits per heavy atom. The molecule has 2 heterocycles. The molecule has 0 radical (unpaired) electrons. The molecular formula is C15H16N6O3. The molecule has 2 aromatic heterocycles. The minimum Gasteiger partial charge on any atom is -0.361 e. The summed E-state index contributed by atoms with van der Waals surface area (Å²) in [6, 6.07) is 7.77. The second-order valence-electron chi connectivity index (χ2n) is 5.21. The summed E-state index contributed by atoms with van der Waals surface area (Å²) in [5.41, 5.74) is 6.91. The van der Waals surface area contributed by atoms with Crippen molar-refractivity contribution in [3.63, 3.8) is 0 Å². The Hall–Kier alpha value is -3.23. The zero-order valence-corrected chi connectivity index (χ0v) is 13.0. The van der Waals surface area contributed by atoms with E-state index in [1.807, 2.05) is 35.8 Å². The summed E-state index contributed by atoms with van der Waals surface area (Å²) in [5, 5.41) is 6.23. The molecule has 9 heteroatoms. The highest BCUT2D eigenvalue weighted by molar-refractivity contribution is 5.87. The maximum atomic E-state index is 12.0.